The Morgan fingerprint density at radius 2 is 2.12 bits per heavy atom. The van der Waals surface area contributed by atoms with Crippen molar-refractivity contribution in [1.29, 1.82) is 0 Å². The summed E-state index contributed by atoms with van der Waals surface area (Å²) in [4.78, 5) is 0. The molecule has 1 heterocycles. The summed E-state index contributed by atoms with van der Waals surface area (Å²) in [6, 6.07) is 0. The lowest BCUT2D eigenvalue weighted by molar-refractivity contribution is 0.183. The van der Waals surface area contributed by atoms with E-state index in [1.54, 1.807) is 0 Å². The minimum absolute atomic E-state index is 0.389. The van der Waals surface area contributed by atoms with Gasteiger partial charge in [-0.25, -0.2) is 0 Å². The van der Waals surface area contributed by atoms with Crippen LogP contribution in [0.15, 0.2) is 6.20 Å². The molecule has 0 radical (unpaired) electrons. The number of alkyl halides is 1. The van der Waals surface area contributed by atoms with Gasteiger partial charge >= 0.3 is 0 Å². The van der Waals surface area contributed by atoms with Gasteiger partial charge in [0.05, 0.1) is 10.7 Å². The Morgan fingerprint density at radius 3 is 2.62 bits per heavy atom. The number of rotatable bonds is 3. The van der Waals surface area contributed by atoms with Crippen molar-refractivity contribution in [3.63, 3.8) is 0 Å². The van der Waals surface area contributed by atoms with Crippen LogP contribution in [0, 0.1) is 12.3 Å². The Bertz CT molecular complexity index is 336. The van der Waals surface area contributed by atoms with Crippen molar-refractivity contribution in [2.24, 2.45) is 5.41 Å². The molecule has 16 heavy (non-hydrogen) atoms. The summed E-state index contributed by atoms with van der Waals surface area (Å²) < 4.78 is 2.02. The Morgan fingerprint density at radius 1 is 1.44 bits per heavy atom. The molecule has 4 heteroatoms. The lowest BCUT2D eigenvalue weighted by Crippen LogP contribution is -2.31. The summed E-state index contributed by atoms with van der Waals surface area (Å²) in [7, 11) is 0. The first-order valence-electron chi connectivity index (χ1n) is 5.91. The second kappa shape index (κ2) is 5.09. The van der Waals surface area contributed by atoms with E-state index in [4.69, 9.17) is 11.6 Å². The normalized spacial score (nSPS) is 19.9. The Hall–Kier alpha value is -0.0200. The number of halogens is 2. The van der Waals surface area contributed by atoms with Gasteiger partial charge in [0.1, 0.15) is 0 Å². The van der Waals surface area contributed by atoms with Gasteiger partial charge in [-0.2, -0.15) is 5.10 Å². The van der Waals surface area contributed by atoms with Crippen LogP contribution >= 0.6 is 27.5 Å². The number of aryl methyl sites for hydroxylation is 1. The molecular weight excluding hydrogens is 288 g/mol. The van der Waals surface area contributed by atoms with Crippen LogP contribution in [0.1, 0.15) is 37.8 Å². The van der Waals surface area contributed by atoms with Gasteiger partial charge in [-0.3, -0.25) is 4.68 Å². The van der Waals surface area contributed by atoms with Gasteiger partial charge in [0.15, 0.2) is 0 Å². The molecule has 0 bridgehead atoms. The van der Waals surface area contributed by atoms with Crippen LogP contribution in [-0.4, -0.2) is 15.1 Å². The predicted octanol–water partition coefficient (Wildman–Crippen LogP) is 4.19. The first-order valence-corrected chi connectivity index (χ1v) is 7.41. The van der Waals surface area contributed by atoms with E-state index in [2.05, 4.69) is 21.0 Å². The molecule has 0 saturated heterocycles. The van der Waals surface area contributed by atoms with Crippen LogP contribution in [0.5, 0.6) is 0 Å². The molecule has 0 amide bonds. The van der Waals surface area contributed by atoms with Gasteiger partial charge in [0.2, 0.25) is 0 Å². The maximum atomic E-state index is 6.04. The Kier molecular flexibility index (Phi) is 3.96. The molecule has 1 aromatic rings. The molecule has 2 nitrogen and oxygen atoms in total. The van der Waals surface area contributed by atoms with Crippen LogP contribution in [0.4, 0.5) is 0 Å². The molecule has 2 rings (SSSR count). The molecule has 1 aliphatic rings. The first kappa shape index (κ1) is 12.4. The van der Waals surface area contributed by atoms with Crippen LogP contribution in [0.25, 0.3) is 0 Å². The monoisotopic (exact) mass is 304 g/mol. The Labute approximate surface area is 110 Å². The van der Waals surface area contributed by atoms with E-state index >= 15 is 0 Å². The fraction of sp³-hybridized carbons (Fsp3) is 0.750. The highest BCUT2D eigenvalue weighted by atomic mass is 79.9. The minimum Gasteiger partial charge on any atom is -0.270 e. The molecule has 90 valence electrons. The van der Waals surface area contributed by atoms with Crippen LogP contribution in [0.2, 0.25) is 5.02 Å². The molecule has 0 unspecified atom stereocenters. The topological polar surface area (TPSA) is 17.8 Å². The number of aromatic nitrogens is 2. The van der Waals surface area contributed by atoms with Crippen molar-refractivity contribution in [1.82, 2.24) is 9.78 Å². The second-order valence-electron chi connectivity index (χ2n) is 4.95. The van der Waals surface area contributed by atoms with Crippen molar-refractivity contribution >= 4 is 27.5 Å². The zero-order valence-corrected chi connectivity index (χ0v) is 12.0. The number of hydrogen-bond donors (Lipinski definition) is 0. The largest absolute Gasteiger partial charge is 0.270 e. The molecular formula is C12H18BrClN2. The molecule has 0 aromatic carbocycles. The van der Waals surface area contributed by atoms with Gasteiger partial charge in [-0.05, 0) is 25.2 Å². The summed E-state index contributed by atoms with van der Waals surface area (Å²) in [6.07, 6.45) is 8.63. The SMILES string of the molecule is Cc1nn(CC2(CBr)CCCCC2)cc1Cl. The van der Waals surface area contributed by atoms with Gasteiger partial charge in [0, 0.05) is 18.1 Å². The first-order chi connectivity index (χ1) is 7.65. The molecule has 1 fully saturated rings. The number of nitrogens with zero attached hydrogens (tertiary/aromatic N) is 2. The summed E-state index contributed by atoms with van der Waals surface area (Å²) in [5.74, 6) is 0. The fourth-order valence-corrected chi connectivity index (χ4v) is 3.44. The van der Waals surface area contributed by atoms with Crippen molar-refractivity contribution in [3.8, 4) is 0 Å². The van der Waals surface area contributed by atoms with E-state index in [1.165, 1.54) is 32.1 Å². The van der Waals surface area contributed by atoms with Gasteiger partial charge in [0.25, 0.3) is 0 Å². The van der Waals surface area contributed by atoms with E-state index in [9.17, 15) is 0 Å². The third kappa shape index (κ3) is 2.62. The second-order valence-corrected chi connectivity index (χ2v) is 5.92. The van der Waals surface area contributed by atoms with Gasteiger partial charge in [-0.1, -0.05) is 46.8 Å². The maximum Gasteiger partial charge on any atom is 0.0814 e. The van der Waals surface area contributed by atoms with Crippen molar-refractivity contribution in [2.45, 2.75) is 45.6 Å². The van der Waals surface area contributed by atoms with E-state index in [0.717, 1.165) is 22.6 Å². The van der Waals surface area contributed by atoms with Crippen molar-refractivity contribution in [2.75, 3.05) is 5.33 Å². The quantitative estimate of drug-likeness (QED) is 0.766. The lowest BCUT2D eigenvalue weighted by Gasteiger charge is -2.35. The van der Waals surface area contributed by atoms with Gasteiger partial charge < -0.3 is 0 Å². The van der Waals surface area contributed by atoms with Crippen LogP contribution in [0.3, 0.4) is 0 Å². The van der Waals surface area contributed by atoms with E-state index < -0.39 is 0 Å². The lowest BCUT2D eigenvalue weighted by atomic mass is 9.76. The highest BCUT2D eigenvalue weighted by molar-refractivity contribution is 9.09. The molecule has 0 aliphatic heterocycles. The molecule has 0 atom stereocenters. The van der Waals surface area contributed by atoms with Gasteiger partial charge in [-0.15, -0.1) is 0 Å². The third-order valence-electron chi connectivity index (χ3n) is 3.58. The smallest absolute Gasteiger partial charge is 0.0814 e. The van der Waals surface area contributed by atoms with Crippen molar-refractivity contribution in [3.05, 3.63) is 16.9 Å². The minimum atomic E-state index is 0.389. The molecule has 1 aliphatic carbocycles. The molecule has 1 saturated carbocycles. The number of hydrogen-bond acceptors (Lipinski definition) is 1. The average Bonchev–Trinajstić information content (AvgIpc) is 2.59. The summed E-state index contributed by atoms with van der Waals surface area (Å²) >= 11 is 9.72. The highest BCUT2D eigenvalue weighted by Gasteiger charge is 2.31. The molecule has 1 aromatic heterocycles. The molecule has 0 spiro atoms. The molecule has 0 N–H and O–H groups in total. The maximum absolute atomic E-state index is 6.04. The Balaban J connectivity index is 2.11. The van der Waals surface area contributed by atoms with Crippen LogP contribution < -0.4 is 0 Å². The summed E-state index contributed by atoms with van der Waals surface area (Å²) in [6.45, 7) is 2.95. The highest BCUT2D eigenvalue weighted by Crippen LogP contribution is 2.39. The standard InChI is InChI=1S/C12H18BrClN2/c1-10-11(14)7-16(15-10)9-12(8-13)5-3-2-4-6-12/h7H,2-6,8-9H2,1H3. The predicted molar refractivity (Wildman–Crippen MR) is 71.3 cm³/mol. The van der Waals surface area contributed by atoms with E-state index in [1.807, 2.05) is 17.8 Å². The van der Waals surface area contributed by atoms with Crippen molar-refractivity contribution < 1.29 is 0 Å². The van der Waals surface area contributed by atoms with E-state index in [-0.39, 0.29) is 0 Å². The zero-order chi connectivity index (χ0) is 11.6. The summed E-state index contributed by atoms with van der Waals surface area (Å²) in [5, 5.41) is 6.31. The average molecular weight is 306 g/mol. The fourth-order valence-electron chi connectivity index (χ4n) is 2.55. The summed E-state index contributed by atoms with van der Waals surface area (Å²) in [5.41, 5.74) is 1.32. The van der Waals surface area contributed by atoms with E-state index in [0.29, 0.717) is 5.41 Å². The van der Waals surface area contributed by atoms with Crippen LogP contribution in [-0.2, 0) is 6.54 Å². The third-order valence-corrected chi connectivity index (χ3v) is 5.14. The zero-order valence-electron chi connectivity index (χ0n) is 9.68.